The lowest BCUT2D eigenvalue weighted by Crippen LogP contribution is -2.62. The number of hydrogen-bond donors (Lipinski definition) is 0. The highest BCUT2D eigenvalue weighted by Gasteiger charge is 2.43. The third kappa shape index (κ3) is 4.82. The van der Waals surface area contributed by atoms with Crippen molar-refractivity contribution in [2.45, 2.75) is 25.0 Å². The lowest BCUT2D eigenvalue weighted by Gasteiger charge is -2.46. The van der Waals surface area contributed by atoms with Gasteiger partial charge in [-0.25, -0.2) is 32.9 Å². The van der Waals surface area contributed by atoms with Crippen LogP contribution >= 0.6 is 0 Å². The third-order valence-corrected chi connectivity index (χ3v) is 6.89. The van der Waals surface area contributed by atoms with E-state index in [9.17, 15) is 22.8 Å². The fraction of sp³-hybridized carbons (Fsp3) is 0.458. The minimum atomic E-state index is -0.805. The molecule has 1 atom stereocenters. The van der Waals surface area contributed by atoms with Crippen LogP contribution in [-0.4, -0.2) is 94.9 Å². The van der Waals surface area contributed by atoms with Gasteiger partial charge < -0.3 is 19.4 Å². The Balaban J connectivity index is 1.23. The normalized spacial score (nSPS) is 20.8. The van der Waals surface area contributed by atoms with E-state index in [1.807, 2.05) is 6.92 Å². The molecule has 1 aromatic heterocycles. The summed E-state index contributed by atoms with van der Waals surface area (Å²) >= 11 is 0. The van der Waals surface area contributed by atoms with E-state index in [4.69, 9.17) is 4.74 Å². The second kappa shape index (κ2) is 9.61. The van der Waals surface area contributed by atoms with E-state index in [0.29, 0.717) is 38.2 Å². The monoisotopic (exact) mass is 517 g/mol. The number of carbonyl (C=O) groups excluding carboxylic acids is 2. The summed E-state index contributed by atoms with van der Waals surface area (Å²) in [4.78, 5) is 39.0. The number of hydrazone groups is 1. The standard InChI is InChI=1S/C24H26F3N7O3/c1-24(37-2)13-33(14-24)21(35)20-18(27)12-28-22(30-20)31-5-7-32(8-6-31)23(36)34-19(3-4-29-34)15-9-16(25)11-17(26)10-15/h4,9-12,19H,3,5-8,13-14H2,1-2H3. The van der Waals surface area contributed by atoms with Crippen LogP contribution in [0.3, 0.4) is 0 Å². The van der Waals surface area contributed by atoms with Crippen molar-refractivity contribution in [2.24, 2.45) is 5.10 Å². The molecule has 0 radical (unpaired) electrons. The van der Waals surface area contributed by atoms with Crippen LogP contribution in [0, 0.1) is 17.5 Å². The molecule has 0 bridgehead atoms. The summed E-state index contributed by atoms with van der Waals surface area (Å²) in [5.41, 5.74) is -0.434. The second-order valence-electron chi connectivity index (χ2n) is 9.54. The SMILES string of the molecule is COC1(C)CN(C(=O)c2nc(N3CCN(C(=O)N4N=CCC4c4cc(F)cc(F)c4)CC3)ncc2F)C1. The number of anilines is 1. The van der Waals surface area contributed by atoms with Crippen LogP contribution in [0.1, 0.15) is 35.4 Å². The van der Waals surface area contributed by atoms with Crippen LogP contribution in [-0.2, 0) is 4.74 Å². The lowest BCUT2D eigenvalue weighted by atomic mass is 9.96. The van der Waals surface area contributed by atoms with E-state index in [1.165, 1.54) is 22.0 Å². The molecule has 2 saturated heterocycles. The van der Waals surface area contributed by atoms with E-state index in [2.05, 4.69) is 15.1 Å². The number of hydrogen-bond acceptors (Lipinski definition) is 7. The number of likely N-dealkylation sites (tertiary alicyclic amines) is 1. The molecule has 196 valence electrons. The van der Waals surface area contributed by atoms with Gasteiger partial charge in [0.05, 0.1) is 25.3 Å². The van der Waals surface area contributed by atoms with E-state index in [-0.39, 0.29) is 24.7 Å². The zero-order chi connectivity index (χ0) is 26.3. The van der Waals surface area contributed by atoms with Gasteiger partial charge in [-0.05, 0) is 24.6 Å². The lowest BCUT2D eigenvalue weighted by molar-refractivity contribution is -0.0950. The first-order chi connectivity index (χ1) is 17.7. The summed E-state index contributed by atoms with van der Waals surface area (Å²) in [6.45, 7) is 3.80. The number of nitrogens with zero attached hydrogens (tertiary/aromatic N) is 7. The summed E-state index contributed by atoms with van der Waals surface area (Å²) in [7, 11) is 1.56. The molecule has 1 aromatic carbocycles. The van der Waals surface area contributed by atoms with Gasteiger partial charge >= 0.3 is 6.03 Å². The summed E-state index contributed by atoms with van der Waals surface area (Å²) in [6.07, 6.45) is 2.86. The third-order valence-electron chi connectivity index (χ3n) is 6.89. The molecular weight excluding hydrogens is 491 g/mol. The molecule has 4 heterocycles. The number of piperazine rings is 1. The van der Waals surface area contributed by atoms with E-state index >= 15 is 0 Å². The molecule has 2 fully saturated rings. The maximum atomic E-state index is 14.4. The quantitative estimate of drug-likeness (QED) is 0.619. The Labute approximate surface area is 211 Å². The number of benzene rings is 1. The number of aromatic nitrogens is 2. The molecule has 0 aliphatic carbocycles. The molecule has 3 amide bonds. The zero-order valence-corrected chi connectivity index (χ0v) is 20.4. The Hall–Kier alpha value is -3.74. The highest BCUT2D eigenvalue weighted by atomic mass is 19.1. The fourth-order valence-electron chi connectivity index (χ4n) is 4.73. The van der Waals surface area contributed by atoms with E-state index in [1.54, 1.807) is 23.1 Å². The molecule has 0 N–H and O–H groups in total. The fourth-order valence-corrected chi connectivity index (χ4v) is 4.73. The molecule has 3 aliphatic rings. The molecular formula is C24H26F3N7O3. The van der Waals surface area contributed by atoms with Gasteiger partial charge in [-0.15, -0.1) is 0 Å². The Morgan fingerprint density at radius 3 is 2.35 bits per heavy atom. The minimum Gasteiger partial charge on any atom is -0.375 e. The maximum Gasteiger partial charge on any atom is 0.341 e. The van der Waals surface area contributed by atoms with Gasteiger partial charge in [0.15, 0.2) is 11.5 Å². The van der Waals surface area contributed by atoms with Crippen molar-refractivity contribution in [1.82, 2.24) is 24.8 Å². The Kier molecular flexibility index (Phi) is 6.48. The van der Waals surface area contributed by atoms with Crippen LogP contribution in [0.4, 0.5) is 23.9 Å². The van der Waals surface area contributed by atoms with Crippen molar-refractivity contribution in [2.75, 3.05) is 51.3 Å². The zero-order valence-electron chi connectivity index (χ0n) is 20.4. The molecule has 37 heavy (non-hydrogen) atoms. The smallest absolute Gasteiger partial charge is 0.341 e. The summed E-state index contributed by atoms with van der Waals surface area (Å²) in [5, 5.41) is 5.37. The second-order valence-corrected chi connectivity index (χ2v) is 9.54. The molecule has 10 nitrogen and oxygen atoms in total. The highest BCUT2D eigenvalue weighted by Crippen LogP contribution is 2.31. The number of carbonyl (C=O) groups is 2. The Morgan fingerprint density at radius 1 is 1.03 bits per heavy atom. The van der Waals surface area contributed by atoms with Crippen molar-refractivity contribution < 1.29 is 27.5 Å². The number of halogens is 3. The minimum absolute atomic E-state index is 0.194. The van der Waals surface area contributed by atoms with Crippen molar-refractivity contribution >= 4 is 24.1 Å². The molecule has 2 aromatic rings. The van der Waals surface area contributed by atoms with Crippen LogP contribution < -0.4 is 4.90 Å². The first-order valence-electron chi connectivity index (χ1n) is 11.9. The van der Waals surface area contributed by atoms with Gasteiger partial charge in [0.25, 0.3) is 5.91 Å². The first kappa shape index (κ1) is 24.9. The van der Waals surface area contributed by atoms with Crippen LogP contribution in [0.5, 0.6) is 0 Å². The Morgan fingerprint density at radius 2 is 1.70 bits per heavy atom. The largest absolute Gasteiger partial charge is 0.375 e. The van der Waals surface area contributed by atoms with Gasteiger partial charge in [0.2, 0.25) is 5.95 Å². The average Bonchev–Trinajstić information content (AvgIpc) is 3.36. The number of ether oxygens (including phenoxy) is 1. The molecule has 5 rings (SSSR count). The highest BCUT2D eigenvalue weighted by molar-refractivity contribution is 5.93. The first-order valence-corrected chi connectivity index (χ1v) is 11.9. The van der Waals surface area contributed by atoms with Crippen molar-refractivity contribution in [1.29, 1.82) is 0 Å². The van der Waals surface area contributed by atoms with Crippen LogP contribution in [0.15, 0.2) is 29.5 Å². The number of amides is 3. The number of urea groups is 1. The van der Waals surface area contributed by atoms with Crippen molar-refractivity contribution in [3.05, 3.63) is 53.1 Å². The summed E-state index contributed by atoms with van der Waals surface area (Å²) < 4.78 is 47.2. The average molecular weight is 518 g/mol. The Bertz CT molecular complexity index is 1230. The molecule has 1 unspecified atom stereocenters. The molecule has 13 heteroatoms. The van der Waals surface area contributed by atoms with Gasteiger partial charge in [-0.1, -0.05) is 0 Å². The van der Waals surface area contributed by atoms with Crippen LogP contribution in [0.25, 0.3) is 0 Å². The van der Waals surface area contributed by atoms with Gasteiger partial charge in [-0.3, -0.25) is 4.79 Å². The molecule has 0 saturated carbocycles. The number of methoxy groups -OCH3 is 1. The maximum absolute atomic E-state index is 14.4. The predicted octanol–water partition coefficient (Wildman–Crippen LogP) is 2.43. The van der Waals surface area contributed by atoms with Gasteiger partial charge in [0.1, 0.15) is 17.2 Å². The van der Waals surface area contributed by atoms with Gasteiger partial charge in [-0.2, -0.15) is 5.10 Å². The van der Waals surface area contributed by atoms with Crippen molar-refractivity contribution in [3.63, 3.8) is 0 Å². The topological polar surface area (TPSA) is 94.5 Å². The number of rotatable bonds is 4. The molecule has 0 spiro atoms. The summed E-state index contributed by atoms with van der Waals surface area (Å²) in [5.74, 6) is -2.58. The van der Waals surface area contributed by atoms with Crippen molar-refractivity contribution in [3.8, 4) is 0 Å². The van der Waals surface area contributed by atoms with Crippen LogP contribution in [0.2, 0.25) is 0 Å². The predicted molar refractivity (Wildman–Crippen MR) is 127 cm³/mol. The molecule has 3 aliphatic heterocycles. The van der Waals surface area contributed by atoms with E-state index in [0.717, 1.165) is 12.3 Å². The van der Waals surface area contributed by atoms with Gasteiger partial charge in [0, 0.05) is 52.0 Å². The van der Waals surface area contributed by atoms with E-state index < -0.39 is 41.0 Å². The summed E-state index contributed by atoms with van der Waals surface area (Å²) in [6, 6.07) is 2.17.